The van der Waals surface area contributed by atoms with E-state index in [0.717, 1.165) is 0 Å². The fraction of sp³-hybridized carbons (Fsp3) is 0.125. The molecular formula is C8H10BFN2O3W. The van der Waals surface area contributed by atoms with Gasteiger partial charge in [-0.25, -0.2) is 0 Å². The summed E-state index contributed by atoms with van der Waals surface area (Å²) in [5, 5.41) is 20.3. The summed E-state index contributed by atoms with van der Waals surface area (Å²) < 4.78 is 12.0. The van der Waals surface area contributed by atoms with Crippen LogP contribution in [0.5, 0.6) is 0 Å². The SMILES string of the molecule is CC(=O)Nc1ccccc1B(O)O.F[N]=[W]. The second kappa shape index (κ2) is 8.27. The van der Waals surface area contributed by atoms with Crippen molar-refractivity contribution >= 4 is 24.2 Å². The zero-order valence-corrected chi connectivity index (χ0v) is 11.4. The number of halogens is 1. The zero-order chi connectivity index (χ0) is 12.6. The molecule has 0 heterocycles. The molecule has 0 aromatic heterocycles. The summed E-state index contributed by atoms with van der Waals surface area (Å²) in [6.07, 6.45) is 0. The summed E-state index contributed by atoms with van der Waals surface area (Å²) in [6.45, 7) is 1.36. The molecule has 0 aliphatic heterocycles. The quantitative estimate of drug-likeness (QED) is 0.613. The predicted molar refractivity (Wildman–Crippen MR) is 54.1 cm³/mol. The minimum absolute atomic E-state index is 0.242. The summed E-state index contributed by atoms with van der Waals surface area (Å²) in [4.78, 5) is 10.7. The first-order chi connectivity index (χ1) is 7.52. The van der Waals surface area contributed by atoms with Gasteiger partial charge in [0, 0.05) is 18.1 Å². The van der Waals surface area contributed by atoms with E-state index in [1.807, 2.05) is 0 Å². The summed E-state index contributed by atoms with van der Waals surface area (Å²) >= 11 is 0.630. The van der Waals surface area contributed by atoms with Crippen molar-refractivity contribution in [2.75, 3.05) is 5.32 Å². The molecule has 0 fully saturated rings. The molecular weight excluding hydrogens is 386 g/mol. The van der Waals surface area contributed by atoms with Gasteiger partial charge in [0.05, 0.1) is 0 Å². The average molecular weight is 396 g/mol. The van der Waals surface area contributed by atoms with E-state index in [2.05, 4.69) is 9.03 Å². The van der Waals surface area contributed by atoms with Gasteiger partial charge >= 0.3 is 34.9 Å². The van der Waals surface area contributed by atoms with Gasteiger partial charge in [0.2, 0.25) is 5.91 Å². The molecule has 16 heavy (non-hydrogen) atoms. The number of amides is 1. The normalized spacial score (nSPS) is 8.50. The van der Waals surface area contributed by atoms with Gasteiger partial charge in [-0.05, 0) is 6.07 Å². The van der Waals surface area contributed by atoms with E-state index >= 15 is 0 Å². The molecule has 0 radical (unpaired) electrons. The van der Waals surface area contributed by atoms with Crippen molar-refractivity contribution in [1.29, 1.82) is 0 Å². The monoisotopic (exact) mass is 396 g/mol. The Balaban J connectivity index is 0.000000673. The topological polar surface area (TPSA) is 81.9 Å². The molecule has 0 atom stereocenters. The van der Waals surface area contributed by atoms with Crippen molar-refractivity contribution in [1.82, 2.24) is 0 Å². The van der Waals surface area contributed by atoms with Crippen LogP contribution in [0.4, 0.5) is 10.2 Å². The Morgan fingerprint density at radius 1 is 1.50 bits per heavy atom. The third-order valence-corrected chi connectivity index (χ3v) is 1.55. The second-order valence-corrected chi connectivity index (χ2v) is 3.21. The Labute approximate surface area is 104 Å². The standard InChI is InChI=1S/C8H10BNO3.FN.W/c1-6(11)10-8-5-3-2-4-7(8)9(12)13;1-2;/h2-5,12-13H,1H3,(H,10,11);;. The fourth-order valence-corrected chi connectivity index (χ4v) is 1.03. The number of hydrogen-bond acceptors (Lipinski definition) is 4. The van der Waals surface area contributed by atoms with Gasteiger partial charge in [0.25, 0.3) is 0 Å². The van der Waals surface area contributed by atoms with Crippen LogP contribution in [0.15, 0.2) is 28.0 Å². The van der Waals surface area contributed by atoms with Crippen LogP contribution in [0.25, 0.3) is 0 Å². The molecule has 0 aliphatic carbocycles. The van der Waals surface area contributed by atoms with E-state index in [-0.39, 0.29) is 11.4 Å². The number of nitrogens with zero attached hydrogens (tertiary/aromatic N) is 1. The summed E-state index contributed by atoms with van der Waals surface area (Å²) in [5.41, 5.74) is 0.711. The second-order valence-electron chi connectivity index (χ2n) is 2.71. The van der Waals surface area contributed by atoms with Crippen LogP contribution in [-0.4, -0.2) is 23.1 Å². The van der Waals surface area contributed by atoms with Crippen LogP contribution in [0.1, 0.15) is 6.92 Å². The number of carbonyl (C=O) groups excluding carboxylic acids is 1. The number of para-hydroxylation sites is 1. The van der Waals surface area contributed by atoms with Crippen LogP contribution in [0, 0.1) is 0 Å². The van der Waals surface area contributed by atoms with Gasteiger partial charge in [0.1, 0.15) is 0 Å². The minimum atomic E-state index is -1.57. The molecule has 0 saturated heterocycles. The Kier molecular flexibility index (Phi) is 7.80. The van der Waals surface area contributed by atoms with Crippen molar-refractivity contribution in [2.24, 2.45) is 3.72 Å². The van der Waals surface area contributed by atoms with E-state index in [4.69, 9.17) is 10.0 Å². The molecule has 1 amide bonds. The molecule has 0 spiro atoms. The molecule has 1 aromatic rings. The van der Waals surface area contributed by atoms with Gasteiger partial charge in [0.15, 0.2) is 0 Å². The van der Waals surface area contributed by atoms with E-state index in [0.29, 0.717) is 25.3 Å². The first-order valence-electron chi connectivity index (χ1n) is 4.19. The van der Waals surface area contributed by atoms with E-state index in [1.54, 1.807) is 18.2 Å². The van der Waals surface area contributed by atoms with Gasteiger partial charge < -0.3 is 15.4 Å². The average Bonchev–Trinajstić information content (AvgIpc) is 2.18. The Morgan fingerprint density at radius 3 is 2.44 bits per heavy atom. The van der Waals surface area contributed by atoms with Crippen LogP contribution in [0.3, 0.4) is 0 Å². The van der Waals surface area contributed by atoms with E-state index < -0.39 is 7.12 Å². The first kappa shape index (κ1) is 15.1. The molecule has 8 heteroatoms. The zero-order valence-electron chi connectivity index (χ0n) is 8.42. The number of hydrogen-bond donors (Lipinski definition) is 3. The molecule has 0 saturated carbocycles. The van der Waals surface area contributed by atoms with Crippen LogP contribution < -0.4 is 10.8 Å². The molecule has 1 aromatic carbocycles. The predicted octanol–water partition coefficient (Wildman–Crippen LogP) is -0.0739. The van der Waals surface area contributed by atoms with E-state index in [9.17, 15) is 9.28 Å². The Morgan fingerprint density at radius 2 is 2.00 bits per heavy atom. The van der Waals surface area contributed by atoms with Gasteiger partial charge in [-0.3, -0.25) is 4.79 Å². The molecule has 86 valence electrons. The van der Waals surface area contributed by atoms with Gasteiger partial charge in [-0.1, -0.05) is 18.2 Å². The van der Waals surface area contributed by atoms with Crippen LogP contribution in [-0.2, 0) is 24.4 Å². The third-order valence-electron chi connectivity index (χ3n) is 1.55. The molecule has 0 unspecified atom stereocenters. The maximum absolute atomic E-state index is 10.7. The van der Waals surface area contributed by atoms with Crippen molar-refractivity contribution in [3.05, 3.63) is 24.3 Å². The number of carbonyl (C=O) groups is 1. The molecule has 0 bridgehead atoms. The number of nitrogens with one attached hydrogen (secondary N) is 1. The summed E-state index contributed by atoms with van der Waals surface area (Å²) in [5.74, 6) is -0.242. The Bertz CT molecular complexity index is 365. The van der Waals surface area contributed by atoms with Crippen LogP contribution in [0.2, 0.25) is 0 Å². The van der Waals surface area contributed by atoms with Crippen molar-refractivity contribution in [3.8, 4) is 0 Å². The number of benzene rings is 1. The molecule has 0 aliphatic rings. The first-order valence-corrected chi connectivity index (χ1v) is 5.50. The van der Waals surface area contributed by atoms with Crippen molar-refractivity contribution in [3.63, 3.8) is 0 Å². The summed E-state index contributed by atoms with van der Waals surface area (Å²) in [6, 6.07) is 6.52. The Hall–Kier alpha value is -0.907. The van der Waals surface area contributed by atoms with E-state index in [1.165, 1.54) is 13.0 Å². The van der Waals surface area contributed by atoms with Crippen molar-refractivity contribution in [2.45, 2.75) is 6.92 Å². The van der Waals surface area contributed by atoms with Crippen molar-refractivity contribution < 1.29 is 39.0 Å². The van der Waals surface area contributed by atoms with Gasteiger partial charge in [-0.15, -0.1) is 0 Å². The third kappa shape index (κ3) is 5.85. The maximum atomic E-state index is 10.7. The fourth-order valence-electron chi connectivity index (χ4n) is 1.03. The molecule has 1 rings (SSSR count). The van der Waals surface area contributed by atoms with Gasteiger partial charge in [-0.2, -0.15) is 0 Å². The molecule has 3 N–H and O–H groups in total. The van der Waals surface area contributed by atoms with Crippen LogP contribution >= 0.6 is 0 Å². The number of anilines is 1. The molecule has 5 nitrogen and oxygen atoms in total. The summed E-state index contributed by atoms with van der Waals surface area (Å²) in [7, 11) is -1.57. The number of rotatable bonds is 2.